The van der Waals surface area contributed by atoms with Crippen molar-refractivity contribution in [1.29, 1.82) is 0 Å². The van der Waals surface area contributed by atoms with Crippen molar-refractivity contribution in [3.05, 3.63) is 45.6 Å². The van der Waals surface area contributed by atoms with Crippen LogP contribution >= 0.6 is 0 Å². The van der Waals surface area contributed by atoms with E-state index in [0.29, 0.717) is 12.0 Å². The highest BCUT2D eigenvalue weighted by molar-refractivity contribution is 6.24. The number of primary amides is 1. The SMILES string of the molecule is C/C=C1/CC2CC3CC(O)=C(C(N)=O)C(=O)[C@@]3(O)C(O)=C2C(=O)/C1=C(/C)O. The Labute approximate surface area is 155 Å². The van der Waals surface area contributed by atoms with Crippen LogP contribution in [0.5, 0.6) is 0 Å². The second kappa shape index (κ2) is 6.09. The quantitative estimate of drug-likeness (QED) is 0.261. The van der Waals surface area contributed by atoms with E-state index >= 15 is 0 Å². The molecule has 144 valence electrons. The molecule has 3 atom stereocenters. The predicted octanol–water partition coefficient (Wildman–Crippen LogP) is 1.19. The molecular weight excluding hydrogens is 354 g/mol. The monoisotopic (exact) mass is 375 g/mol. The fourth-order valence-corrected chi connectivity index (χ4v) is 4.44. The summed E-state index contributed by atoms with van der Waals surface area (Å²) in [6.07, 6.45) is 1.92. The zero-order valence-corrected chi connectivity index (χ0v) is 14.9. The minimum Gasteiger partial charge on any atom is -0.512 e. The Morgan fingerprint density at radius 3 is 2.41 bits per heavy atom. The third-order valence-electron chi connectivity index (χ3n) is 5.70. The van der Waals surface area contributed by atoms with Gasteiger partial charge < -0.3 is 26.2 Å². The van der Waals surface area contributed by atoms with Gasteiger partial charge in [-0.15, -0.1) is 0 Å². The third kappa shape index (κ3) is 2.43. The van der Waals surface area contributed by atoms with Crippen LogP contribution in [-0.4, -0.2) is 43.5 Å². The Balaban J connectivity index is 2.22. The van der Waals surface area contributed by atoms with E-state index in [1.54, 1.807) is 13.0 Å². The summed E-state index contributed by atoms with van der Waals surface area (Å²) < 4.78 is 0. The third-order valence-corrected chi connectivity index (χ3v) is 5.70. The number of aliphatic hydroxyl groups excluding tert-OH is 3. The van der Waals surface area contributed by atoms with Crippen LogP contribution in [0.1, 0.15) is 33.1 Å². The average Bonchev–Trinajstić information content (AvgIpc) is 2.56. The number of carbonyl (C=O) groups excluding carboxylic acids is 3. The number of amides is 1. The highest BCUT2D eigenvalue weighted by Gasteiger charge is 2.59. The molecule has 2 unspecified atom stereocenters. The van der Waals surface area contributed by atoms with E-state index in [2.05, 4.69) is 0 Å². The molecule has 1 amide bonds. The van der Waals surface area contributed by atoms with Crippen LogP contribution in [0.3, 0.4) is 0 Å². The minimum atomic E-state index is -2.51. The van der Waals surface area contributed by atoms with E-state index < -0.39 is 52.0 Å². The lowest BCUT2D eigenvalue weighted by Gasteiger charge is -2.46. The summed E-state index contributed by atoms with van der Waals surface area (Å²) in [7, 11) is 0. The standard InChI is InChI=1S/C19H21NO7/c1-3-8-4-9-5-10-6-11(22)14(18(20)26)17(25)19(10,27)16(24)13(9)15(23)12(8)7(2)21/h3,9-10,21-22,24,27H,4-6H2,1-2H3,(H2,20,26)/b8-3-,12-7-/t9?,10?,19-/m0/s1. The summed E-state index contributed by atoms with van der Waals surface area (Å²) in [4.78, 5) is 37.2. The molecule has 1 fully saturated rings. The first kappa shape index (κ1) is 18.9. The Bertz CT molecular complexity index is 901. The zero-order chi connectivity index (χ0) is 20.3. The van der Waals surface area contributed by atoms with Gasteiger partial charge in [0.05, 0.1) is 5.57 Å². The molecule has 0 radical (unpaired) electrons. The van der Waals surface area contributed by atoms with E-state index in [1.165, 1.54) is 6.92 Å². The molecule has 0 aromatic rings. The molecule has 8 nitrogen and oxygen atoms in total. The van der Waals surface area contributed by atoms with Gasteiger partial charge in [0, 0.05) is 17.9 Å². The van der Waals surface area contributed by atoms with E-state index in [4.69, 9.17) is 5.73 Å². The zero-order valence-electron chi connectivity index (χ0n) is 14.9. The first-order valence-corrected chi connectivity index (χ1v) is 8.58. The largest absolute Gasteiger partial charge is 0.512 e. The van der Waals surface area contributed by atoms with Crippen molar-refractivity contribution in [2.45, 2.75) is 38.7 Å². The molecule has 0 aromatic carbocycles. The number of hydrogen-bond donors (Lipinski definition) is 5. The molecule has 3 aliphatic carbocycles. The summed E-state index contributed by atoms with van der Waals surface area (Å²) in [6.45, 7) is 3.06. The normalized spacial score (nSPS) is 34.6. The van der Waals surface area contributed by atoms with Crippen molar-refractivity contribution in [1.82, 2.24) is 0 Å². The van der Waals surface area contributed by atoms with Crippen LogP contribution < -0.4 is 5.73 Å². The van der Waals surface area contributed by atoms with Crippen LogP contribution in [0.15, 0.2) is 45.6 Å². The number of fused-ring (bicyclic) bond motifs is 2. The van der Waals surface area contributed by atoms with Gasteiger partial charge in [-0.3, -0.25) is 14.4 Å². The second-order valence-corrected chi connectivity index (χ2v) is 7.18. The van der Waals surface area contributed by atoms with Gasteiger partial charge in [-0.05, 0) is 38.2 Å². The topological polar surface area (TPSA) is 158 Å². The van der Waals surface area contributed by atoms with Gasteiger partial charge in [-0.2, -0.15) is 0 Å². The Morgan fingerprint density at radius 2 is 1.89 bits per heavy atom. The van der Waals surface area contributed by atoms with Crippen LogP contribution in [0, 0.1) is 11.8 Å². The molecule has 3 aliphatic rings. The van der Waals surface area contributed by atoms with Crippen molar-refractivity contribution in [3.63, 3.8) is 0 Å². The number of rotatable bonds is 1. The highest BCUT2D eigenvalue weighted by atomic mass is 16.3. The van der Waals surface area contributed by atoms with Crippen molar-refractivity contribution in [2.75, 3.05) is 0 Å². The van der Waals surface area contributed by atoms with Crippen LogP contribution in [0.25, 0.3) is 0 Å². The number of aliphatic hydroxyl groups is 4. The number of carbonyl (C=O) groups is 3. The molecular formula is C19H21NO7. The lowest BCUT2D eigenvalue weighted by atomic mass is 9.60. The summed E-state index contributed by atoms with van der Waals surface area (Å²) in [5, 5.41) is 41.7. The second-order valence-electron chi connectivity index (χ2n) is 7.18. The maximum absolute atomic E-state index is 12.9. The highest BCUT2D eigenvalue weighted by Crippen LogP contribution is 2.52. The maximum atomic E-state index is 12.9. The first-order chi connectivity index (χ1) is 12.5. The molecule has 0 heterocycles. The molecule has 8 heteroatoms. The summed E-state index contributed by atoms with van der Waals surface area (Å²) in [6, 6.07) is 0. The van der Waals surface area contributed by atoms with Gasteiger partial charge >= 0.3 is 0 Å². The van der Waals surface area contributed by atoms with Gasteiger partial charge in [-0.25, -0.2) is 0 Å². The van der Waals surface area contributed by atoms with Gasteiger partial charge in [-0.1, -0.05) is 6.08 Å². The summed E-state index contributed by atoms with van der Waals surface area (Å²) in [5.41, 5.74) is 2.32. The number of ketones is 2. The lowest BCUT2D eigenvalue weighted by Crippen LogP contribution is -2.57. The van der Waals surface area contributed by atoms with Gasteiger partial charge in [0.1, 0.15) is 22.9 Å². The fourth-order valence-electron chi connectivity index (χ4n) is 4.44. The minimum absolute atomic E-state index is 0.0223. The smallest absolute Gasteiger partial charge is 0.255 e. The summed E-state index contributed by atoms with van der Waals surface area (Å²) in [5.74, 6) is -6.11. The van der Waals surface area contributed by atoms with Crippen molar-refractivity contribution < 1.29 is 34.8 Å². The molecule has 0 aromatic heterocycles. The average molecular weight is 375 g/mol. The summed E-state index contributed by atoms with van der Waals surface area (Å²) >= 11 is 0. The first-order valence-electron chi connectivity index (χ1n) is 8.58. The van der Waals surface area contributed by atoms with E-state index in [0.717, 1.165) is 0 Å². The maximum Gasteiger partial charge on any atom is 0.255 e. The number of allylic oxidation sites excluding steroid dienone is 6. The van der Waals surface area contributed by atoms with Crippen LogP contribution in [0.2, 0.25) is 0 Å². The predicted molar refractivity (Wildman–Crippen MR) is 93.4 cm³/mol. The van der Waals surface area contributed by atoms with Crippen LogP contribution in [0.4, 0.5) is 0 Å². The molecule has 0 spiro atoms. The fraction of sp³-hybridized carbons (Fsp3) is 0.421. The van der Waals surface area contributed by atoms with E-state index in [9.17, 15) is 34.8 Å². The molecule has 0 bridgehead atoms. The van der Waals surface area contributed by atoms with Gasteiger partial charge in [0.15, 0.2) is 11.4 Å². The van der Waals surface area contributed by atoms with Crippen molar-refractivity contribution in [2.24, 2.45) is 17.6 Å². The molecule has 3 rings (SSSR count). The van der Waals surface area contributed by atoms with Crippen molar-refractivity contribution in [3.8, 4) is 0 Å². The molecule has 0 aliphatic heterocycles. The molecule has 27 heavy (non-hydrogen) atoms. The van der Waals surface area contributed by atoms with Gasteiger partial charge in [0.2, 0.25) is 5.78 Å². The Morgan fingerprint density at radius 1 is 1.26 bits per heavy atom. The number of Topliss-reactive ketones (excluding diaryl/α,β-unsaturated/α-hetero) is 2. The molecule has 6 N–H and O–H groups in total. The van der Waals surface area contributed by atoms with E-state index in [1.807, 2.05) is 0 Å². The van der Waals surface area contributed by atoms with Crippen LogP contribution in [-0.2, 0) is 14.4 Å². The number of hydrogen-bond acceptors (Lipinski definition) is 7. The van der Waals surface area contributed by atoms with Gasteiger partial charge in [0.25, 0.3) is 5.91 Å². The number of nitrogens with two attached hydrogens (primary N) is 1. The van der Waals surface area contributed by atoms with E-state index in [-0.39, 0.29) is 29.7 Å². The van der Waals surface area contributed by atoms with Crippen molar-refractivity contribution >= 4 is 17.5 Å². The Kier molecular flexibility index (Phi) is 4.26. The molecule has 0 saturated heterocycles. The lowest BCUT2D eigenvalue weighted by molar-refractivity contribution is -0.144. The molecule has 1 saturated carbocycles. The Hall–Kier alpha value is -2.87.